The third-order valence-corrected chi connectivity index (χ3v) is 4.83. The average molecular weight is 454 g/mol. The van der Waals surface area contributed by atoms with E-state index in [1.807, 2.05) is 6.07 Å². The van der Waals surface area contributed by atoms with Gasteiger partial charge in [-0.3, -0.25) is 4.55 Å². The number of halogens is 1. The fourth-order valence-electron chi connectivity index (χ4n) is 2.59. The molecule has 0 radical (unpaired) electrons. The van der Waals surface area contributed by atoms with E-state index in [0.29, 0.717) is 11.1 Å². The molecule has 2 aromatic rings. The Morgan fingerprint density at radius 1 is 1.19 bits per heavy atom. The van der Waals surface area contributed by atoms with Crippen molar-refractivity contribution in [2.24, 2.45) is 0 Å². The molecule has 0 bridgehead atoms. The SMILES string of the molecule is O=S(=O)(O)OCC1O[C@@H](Oc2c[nH]c3ccc(Br)cc23)C(O)[C@H](O)[C@H]1O. The molecule has 1 saturated heterocycles. The molecule has 10 nitrogen and oxygen atoms in total. The second kappa shape index (κ2) is 7.40. The Kier molecular flexibility index (Phi) is 5.55. The molecule has 26 heavy (non-hydrogen) atoms. The topological polar surface area (TPSA) is 159 Å². The van der Waals surface area contributed by atoms with E-state index in [9.17, 15) is 23.7 Å². The molecule has 5 N–H and O–H groups in total. The summed E-state index contributed by atoms with van der Waals surface area (Å²) >= 11 is 3.33. The third kappa shape index (κ3) is 4.18. The number of aromatic amines is 1. The Morgan fingerprint density at radius 2 is 1.92 bits per heavy atom. The highest BCUT2D eigenvalue weighted by molar-refractivity contribution is 9.10. The van der Waals surface area contributed by atoms with Gasteiger partial charge in [0.1, 0.15) is 30.2 Å². The first-order chi connectivity index (χ1) is 12.2. The van der Waals surface area contributed by atoms with Crippen molar-refractivity contribution in [3.8, 4) is 5.75 Å². The standard InChI is InChI=1S/C14H16BrNO9S/c15-6-1-2-8-7(3-6)9(4-16-8)24-14-13(19)12(18)11(17)10(25-14)5-23-26(20,21)22/h1-4,10-14,16-19H,5H2,(H,20,21,22)/t10?,11-,12+,13?,14+/m0/s1. The van der Waals surface area contributed by atoms with E-state index in [4.69, 9.17) is 14.0 Å². The maximum Gasteiger partial charge on any atom is 0.397 e. The van der Waals surface area contributed by atoms with Crippen LogP contribution in [-0.4, -0.2) is 70.6 Å². The van der Waals surface area contributed by atoms with Crippen molar-refractivity contribution in [3.05, 3.63) is 28.9 Å². The molecule has 2 unspecified atom stereocenters. The summed E-state index contributed by atoms with van der Waals surface area (Å²) in [5.74, 6) is 0.309. The molecule has 144 valence electrons. The van der Waals surface area contributed by atoms with Gasteiger partial charge in [-0.15, -0.1) is 0 Å². The Labute approximate surface area is 156 Å². The van der Waals surface area contributed by atoms with Crippen LogP contribution in [0.3, 0.4) is 0 Å². The van der Waals surface area contributed by atoms with E-state index in [2.05, 4.69) is 25.1 Å². The molecule has 1 aliphatic heterocycles. The number of fused-ring (bicyclic) bond motifs is 1. The van der Waals surface area contributed by atoms with Crippen LogP contribution in [0, 0.1) is 0 Å². The molecule has 3 rings (SSSR count). The minimum atomic E-state index is -4.77. The number of ether oxygens (including phenoxy) is 2. The van der Waals surface area contributed by atoms with Crippen molar-refractivity contribution in [1.82, 2.24) is 4.98 Å². The molecule has 2 heterocycles. The zero-order chi connectivity index (χ0) is 19.1. The van der Waals surface area contributed by atoms with E-state index >= 15 is 0 Å². The number of benzene rings is 1. The zero-order valence-corrected chi connectivity index (χ0v) is 15.4. The lowest BCUT2D eigenvalue weighted by atomic mass is 9.99. The number of aliphatic hydroxyl groups excluding tert-OH is 3. The van der Waals surface area contributed by atoms with Gasteiger partial charge < -0.3 is 29.8 Å². The van der Waals surface area contributed by atoms with Crippen LogP contribution in [0.1, 0.15) is 0 Å². The molecular formula is C14H16BrNO9S. The monoisotopic (exact) mass is 453 g/mol. The fourth-order valence-corrected chi connectivity index (χ4v) is 3.26. The maximum absolute atomic E-state index is 10.7. The van der Waals surface area contributed by atoms with Crippen LogP contribution in [0.5, 0.6) is 5.75 Å². The van der Waals surface area contributed by atoms with E-state index in [1.54, 1.807) is 12.1 Å². The minimum absolute atomic E-state index is 0.309. The Hall–Kier alpha value is -1.25. The molecule has 0 spiro atoms. The quantitative estimate of drug-likeness (QED) is 0.390. The Balaban J connectivity index is 1.80. The maximum atomic E-state index is 10.7. The van der Waals surface area contributed by atoms with Crippen LogP contribution in [0.4, 0.5) is 0 Å². The minimum Gasteiger partial charge on any atom is -0.460 e. The van der Waals surface area contributed by atoms with Crippen LogP contribution < -0.4 is 4.74 Å². The summed E-state index contributed by atoms with van der Waals surface area (Å²) in [6.45, 7) is -0.775. The van der Waals surface area contributed by atoms with Gasteiger partial charge in [-0.05, 0) is 18.2 Å². The molecule has 0 aliphatic carbocycles. The number of rotatable bonds is 5. The second-order valence-corrected chi connectivity index (χ2v) is 7.69. The summed E-state index contributed by atoms with van der Waals surface area (Å²) in [4.78, 5) is 2.96. The average Bonchev–Trinajstić information content (AvgIpc) is 2.95. The van der Waals surface area contributed by atoms with Gasteiger partial charge in [0, 0.05) is 21.6 Å². The van der Waals surface area contributed by atoms with Crippen molar-refractivity contribution in [3.63, 3.8) is 0 Å². The first kappa shape index (κ1) is 19.5. The van der Waals surface area contributed by atoms with Crippen molar-refractivity contribution in [1.29, 1.82) is 0 Å². The van der Waals surface area contributed by atoms with Crippen LogP contribution >= 0.6 is 15.9 Å². The molecule has 1 aromatic heterocycles. The first-order valence-electron chi connectivity index (χ1n) is 7.40. The van der Waals surface area contributed by atoms with Crippen molar-refractivity contribution in [2.45, 2.75) is 30.7 Å². The number of hydrogen-bond acceptors (Lipinski definition) is 8. The number of aliphatic hydroxyl groups is 3. The van der Waals surface area contributed by atoms with Crippen molar-refractivity contribution in [2.75, 3.05) is 6.61 Å². The van der Waals surface area contributed by atoms with E-state index in [1.165, 1.54) is 6.20 Å². The van der Waals surface area contributed by atoms with Gasteiger partial charge in [-0.25, -0.2) is 4.18 Å². The highest BCUT2D eigenvalue weighted by atomic mass is 79.9. The van der Waals surface area contributed by atoms with Crippen LogP contribution in [0.2, 0.25) is 0 Å². The number of nitrogens with one attached hydrogen (secondary N) is 1. The summed E-state index contributed by atoms with van der Waals surface area (Å²) < 4.78 is 45.9. The highest BCUT2D eigenvalue weighted by Crippen LogP contribution is 2.31. The van der Waals surface area contributed by atoms with Gasteiger partial charge >= 0.3 is 10.4 Å². The van der Waals surface area contributed by atoms with Gasteiger partial charge in [0.25, 0.3) is 0 Å². The summed E-state index contributed by atoms with van der Waals surface area (Å²) in [5, 5.41) is 30.6. The third-order valence-electron chi connectivity index (χ3n) is 3.90. The van der Waals surface area contributed by atoms with Crippen molar-refractivity contribution >= 4 is 37.2 Å². The molecule has 12 heteroatoms. The summed E-state index contributed by atoms with van der Waals surface area (Å²) in [6, 6.07) is 5.38. The van der Waals surface area contributed by atoms with Crippen LogP contribution in [0.15, 0.2) is 28.9 Å². The van der Waals surface area contributed by atoms with Gasteiger partial charge in [-0.2, -0.15) is 8.42 Å². The van der Waals surface area contributed by atoms with Crippen LogP contribution in [-0.2, 0) is 19.3 Å². The Bertz CT molecular complexity index is 886. The normalized spacial score (nSPS) is 29.8. The van der Waals surface area contributed by atoms with Gasteiger partial charge in [0.2, 0.25) is 6.29 Å². The lowest BCUT2D eigenvalue weighted by molar-refractivity contribution is -0.276. The summed E-state index contributed by atoms with van der Waals surface area (Å²) in [7, 11) is -4.77. The van der Waals surface area contributed by atoms with E-state index in [-0.39, 0.29) is 0 Å². The smallest absolute Gasteiger partial charge is 0.397 e. The molecule has 1 fully saturated rings. The molecule has 5 atom stereocenters. The number of H-pyrrole nitrogens is 1. The molecule has 1 aliphatic rings. The van der Waals surface area contributed by atoms with Crippen LogP contribution in [0.25, 0.3) is 10.9 Å². The molecular weight excluding hydrogens is 438 g/mol. The largest absolute Gasteiger partial charge is 0.460 e. The Morgan fingerprint density at radius 3 is 2.62 bits per heavy atom. The van der Waals surface area contributed by atoms with Gasteiger partial charge in [-0.1, -0.05) is 15.9 Å². The summed E-state index contributed by atoms with van der Waals surface area (Å²) in [5.41, 5.74) is 0.750. The molecule has 1 aromatic carbocycles. The molecule has 0 amide bonds. The lowest BCUT2D eigenvalue weighted by Crippen LogP contribution is -2.60. The predicted molar refractivity (Wildman–Crippen MR) is 90.8 cm³/mol. The fraction of sp³-hybridized carbons (Fsp3) is 0.429. The highest BCUT2D eigenvalue weighted by Gasteiger charge is 2.45. The first-order valence-corrected chi connectivity index (χ1v) is 9.56. The van der Waals surface area contributed by atoms with Gasteiger partial charge in [0.05, 0.1) is 6.61 Å². The number of aromatic nitrogens is 1. The lowest BCUT2D eigenvalue weighted by Gasteiger charge is -2.39. The molecule has 0 saturated carbocycles. The predicted octanol–water partition coefficient (Wildman–Crippen LogP) is -0.0638. The van der Waals surface area contributed by atoms with E-state index in [0.717, 1.165) is 9.99 Å². The number of hydrogen-bond donors (Lipinski definition) is 5. The van der Waals surface area contributed by atoms with E-state index < -0.39 is 47.7 Å². The summed E-state index contributed by atoms with van der Waals surface area (Å²) in [6.07, 6.45) is -6.19. The zero-order valence-electron chi connectivity index (χ0n) is 13.0. The van der Waals surface area contributed by atoms with Crippen molar-refractivity contribution < 1.29 is 41.9 Å². The second-order valence-electron chi connectivity index (χ2n) is 5.69. The van der Waals surface area contributed by atoms with Gasteiger partial charge in [0.15, 0.2) is 0 Å².